The smallest absolute Gasteiger partial charge is 0.169 e. The summed E-state index contributed by atoms with van der Waals surface area (Å²) in [6.45, 7) is 1.21. The summed E-state index contributed by atoms with van der Waals surface area (Å²) in [6.07, 6.45) is 0. The van der Waals surface area contributed by atoms with E-state index >= 15 is 0 Å². The molecule has 5 heteroatoms. The Kier molecular flexibility index (Phi) is 4.74. The van der Waals surface area contributed by atoms with Crippen molar-refractivity contribution in [1.29, 1.82) is 0 Å². The third-order valence-corrected chi connectivity index (χ3v) is 4.20. The maximum absolute atomic E-state index is 13.8. The van der Waals surface area contributed by atoms with Gasteiger partial charge in [-0.05, 0) is 28.1 Å². The highest BCUT2D eigenvalue weighted by molar-refractivity contribution is 9.10. The molecule has 1 heterocycles. The fourth-order valence-corrected chi connectivity index (χ4v) is 3.04. The first-order chi connectivity index (χ1) is 8.70. The Balaban J connectivity index is 1.94. The molecule has 0 atom stereocenters. The molecule has 0 aliphatic heterocycles. The summed E-state index contributed by atoms with van der Waals surface area (Å²) in [6, 6.07) is 7.23. The number of rotatable bonds is 5. The van der Waals surface area contributed by atoms with E-state index in [0.29, 0.717) is 12.1 Å². The lowest BCUT2D eigenvalue weighted by molar-refractivity contribution is 0.383. The van der Waals surface area contributed by atoms with Crippen LogP contribution in [-0.2, 0) is 13.1 Å². The van der Waals surface area contributed by atoms with Crippen LogP contribution in [0.5, 0.6) is 5.75 Å². The highest BCUT2D eigenvalue weighted by Crippen LogP contribution is 2.21. The standard InChI is InChI=1S/C13H13BrFNOS/c1-17-12-4-2-3-9(13(12)15)6-16-7-11-5-10(14)8-18-11/h2-5,8,16H,6-7H2,1H3. The van der Waals surface area contributed by atoms with Crippen LogP contribution in [0.4, 0.5) is 4.39 Å². The molecule has 2 nitrogen and oxygen atoms in total. The zero-order valence-electron chi connectivity index (χ0n) is 9.87. The highest BCUT2D eigenvalue weighted by atomic mass is 79.9. The molecule has 1 N–H and O–H groups in total. The summed E-state index contributed by atoms with van der Waals surface area (Å²) in [5.74, 6) is -0.00646. The number of halogens is 2. The van der Waals surface area contributed by atoms with Gasteiger partial charge >= 0.3 is 0 Å². The van der Waals surface area contributed by atoms with Gasteiger partial charge < -0.3 is 10.1 Å². The van der Waals surface area contributed by atoms with Crippen LogP contribution in [-0.4, -0.2) is 7.11 Å². The van der Waals surface area contributed by atoms with E-state index in [1.54, 1.807) is 29.5 Å². The molecule has 18 heavy (non-hydrogen) atoms. The Hall–Kier alpha value is -0.910. The highest BCUT2D eigenvalue weighted by Gasteiger charge is 2.07. The van der Waals surface area contributed by atoms with Crippen LogP contribution in [0.3, 0.4) is 0 Å². The minimum Gasteiger partial charge on any atom is -0.494 e. The molecule has 0 amide bonds. The van der Waals surface area contributed by atoms with Crippen molar-refractivity contribution >= 4 is 27.3 Å². The lowest BCUT2D eigenvalue weighted by atomic mass is 10.2. The number of ether oxygens (including phenoxy) is 1. The van der Waals surface area contributed by atoms with Crippen molar-refractivity contribution in [3.05, 3.63) is 50.4 Å². The molecule has 0 radical (unpaired) electrons. The topological polar surface area (TPSA) is 21.3 Å². The zero-order valence-corrected chi connectivity index (χ0v) is 12.3. The fourth-order valence-electron chi connectivity index (χ4n) is 1.62. The first-order valence-corrected chi connectivity index (χ1v) is 7.13. The third-order valence-electron chi connectivity index (χ3n) is 2.50. The zero-order chi connectivity index (χ0) is 13.0. The Morgan fingerprint density at radius 3 is 2.89 bits per heavy atom. The van der Waals surface area contributed by atoms with Gasteiger partial charge in [0.05, 0.1) is 7.11 Å². The molecule has 1 aromatic carbocycles. The molecule has 96 valence electrons. The van der Waals surface area contributed by atoms with Crippen LogP contribution in [0.2, 0.25) is 0 Å². The monoisotopic (exact) mass is 329 g/mol. The van der Waals surface area contributed by atoms with Crippen LogP contribution in [0.1, 0.15) is 10.4 Å². The number of nitrogens with one attached hydrogen (secondary N) is 1. The Morgan fingerprint density at radius 2 is 2.22 bits per heavy atom. The van der Waals surface area contributed by atoms with Gasteiger partial charge in [0.2, 0.25) is 0 Å². The molecule has 2 aromatic rings. The first kappa shape index (κ1) is 13.5. The van der Waals surface area contributed by atoms with Crippen molar-refractivity contribution in [3.8, 4) is 5.75 Å². The van der Waals surface area contributed by atoms with Crippen LogP contribution < -0.4 is 10.1 Å². The van der Waals surface area contributed by atoms with Crippen molar-refractivity contribution in [1.82, 2.24) is 5.32 Å². The normalized spacial score (nSPS) is 10.6. The van der Waals surface area contributed by atoms with Crippen molar-refractivity contribution in [2.75, 3.05) is 7.11 Å². The second kappa shape index (κ2) is 6.31. The van der Waals surface area contributed by atoms with Gasteiger partial charge in [0, 0.05) is 33.4 Å². The van der Waals surface area contributed by atoms with Gasteiger partial charge in [0.25, 0.3) is 0 Å². The van der Waals surface area contributed by atoms with Gasteiger partial charge in [0.15, 0.2) is 11.6 Å². The minimum absolute atomic E-state index is 0.285. The van der Waals surface area contributed by atoms with Crippen molar-refractivity contribution in [3.63, 3.8) is 0 Å². The predicted octanol–water partition coefficient (Wildman–Crippen LogP) is 3.95. The molecule has 0 aliphatic rings. The number of hydrogen-bond acceptors (Lipinski definition) is 3. The van der Waals surface area contributed by atoms with Crippen molar-refractivity contribution < 1.29 is 9.13 Å². The summed E-state index contributed by atoms with van der Waals surface area (Å²) in [7, 11) is 1.47. The van der Waals surface area contributed by atoms with Crippen LogP contribution in [0.15, 0.2) is 34.1 Å². The molecule has 0 spiro atoms. The summed E-state index contributed by atoms with van der Waals surface area (Å²) in [5, 5.41) is 5.25. The van der Waals surface area contributed by atoms with E-state index in [-0.39, 0.29) is 11.6 Å². The van der Waals surface area contributed by atoms with E-state index in [4.69, 9.17) is 4.74 Å². The average molecular weight is 330 g/mol. The van der Waals surface area contributed by atoms with Crippen LogP contribution in [0, 0.1) is 5.82 Å². The molecule has 2 rings (SSSR count). The summed E-state index contributed by atoms with van der Waals surface area (Å²) < 4.78 is 19.9. The maximum Gasteiger partial charge on any atom is 0.169 e. The number of thiophene rings is 1. The van der Waals surface area contributed by atoms with Crippen LogP contribution in [0.25, 0.3) is 0 Å². The first-order valence-electron chi connectivity index (χ1n) is 5.45. The second-order valence-corrected chi connectivity index (χ2v) is 5.68. The largest absolute Gasteiger partial charge is 0.494 e. The molecular weight excluding hydrogens is 317 g/mol. The van der Waals surface area contributed by atoms with E-state index < -0.39 is 0 Å². The number of benzene rings is 1. The van der Waals surface area contributed by atoms with Gasteiger partial charge in [0.1, 0.15) is 0 Å². The van der Waals surface area contributed by atoms with Crippen LogP contribution >= 0.6 is 27.3 Å². The molecule has 0 unspecified atom stereocenters. The molecular formula is C13H13BrFNOS. The lowest BCUT2D eigenvalue weighted by Crippen LogP contribution is -2.13. The van der Waals surface area contributed by atoms with Gasteiger partial charge in [-0.25, -0.2) is 4.39 Å². The summed E-state index contributed by atoms with van der Waals surface area (Å²) >= 11 is 5.07. The predicted molar refractivity (Wildman–Crippen MR) is 75.5 cm³/mol. The van der Waals surface area contributed by atoms with Crippen molar-refractivity contribution in [2.24, 2.45) is 0 Å². The summed E-state index contributed by atoms with van der Waals surface area (Å²) in [4.78, 5) is 1.21. The number of hydrogen-bond donors (Lipinski definition) is 1. The van der Waals surface area contributed by atoms with E-state index in [1.807, 2.05) is 5.38 Å². The average Bonchev–Trinajstić information content (AvgIpc) is 2.77. The quantitative estimate of drug-likeness (QED) is 0.896. The molecule has 1 aromatic heterocycles. The van der Waals surface area contributed by atoms with E-state index in [1.165, 1.54) is 12.0 Å². The van der Waals surface area contributed by atoms with E-state index in [9.17, 15) is 4.39 Å². The van der Waals surface area contributed by atoms with Gasteiger partial charge in [-0.1, -0.05) is 12.1 Å². The Bertz CT molecular complexity index is 529. The van der Waals surface area contributed by atoms with Gasteiger partial charge in [-0.15, -0.1) is 11.3 Å². The Labute approximate surface area is 118 Å². The minimum atomic E-state index is -0.292. The SMILES string of the molecule is COc1cccc(CNCc2cc(Br)cs2)c1F. The molecule has 0 saturated heterocycles. The molecule has 0 aliphatic carbocycles. The molecule has 0 saturated carbocycles. The lowest BCUT2D eigenvalue weighted by Gasteiger charge is -2.08. The van der Waals surface area contributed by atoms with Gasteiger partial charge in [-0.3, -0.25) is 0 Å². The van der Waals surface area contributed by atoms with E-state index in [0.717, 1.165) is 11.0 Å². The summed E-state index contributed by atoms with van der Waals surface area (Å²) in [5.41, 5.74) is 0.616. The molecule has 0 fully saturated rings. The number of methoxy groups -OCH3 is 1. The van der Waals surface area contributed by atoms with E-state index in [2.05, 4.69) is 27.3 Å². The third kappa shape index (κ3) is 3.31. The molecule has 0 bridgehead atoms. The van der Waals surface area contributed by atoms with Gasteiger partial charge in [-0.2, -0.15) is 0 Å². The maximum atomic E-state index is 13.8. The van der Waals surface area contributed by atoms with Crippen molar-refractivity contribution in [2.45, 2.75) is 13.1 Å². The fraction of sp³-hybridized carbons (Fsp3) is 0.231. The Morgan fingerprint density at radius 1 is 1.39 bits per heavy atom. The second-order valence-electron chi connectivity index (χ2n) is 3.77.